The van der Waals surface area contributed by atoms with E-state index in [2.05, 4.69) is 19.9 Å². The predicted octanol–water partition coefficient (Wildman–Crippen LogP) is 4.94. The number of carbonyl (C=O) groups excluding carboxylic acids is 2. The molecule has 3 aliphatic rings. The Bertz CT molecular complexity index is 982. The van der Waals surface area contributed by atoms with Crippen molar-refractivity contribution in [2.45, 2.75) is 65.9 Å². The van der Waals surface area contributed by atoms with Gasteiger partial charge in [0.05, 0.1) is 24.5 Å². The first-order valence-corrected chi connectivity index (χ1v) is 11.8. The number of rotatable bonds is 6. The van der Waals surface area contributed by atoms with Crippen LogP contribution in [0.4, 0.5) is 0 Å². The summed E-state index contributed by atoms with van der Waals surface area (Å²) in [6.45, 7) is 8.69. The van der Waals surface area contributed by atoms with E-state index in [-0.39, 0.29) is 35.7 Å². The second-order valence-electron chi connectivity index (χ2n) is 9.84. The second-order valence-corrected chi connectivity index (χ2v) is 9.84. The van der Waals surface area contributed by atoms with E-state index in [0.29, 0.717) is 18.8 Å². The molecule has 0 aromatic heterocycles. The lowest BCUT2D eigenvalue weighted by Crippen LogP contribution is -2.34. The third kappa shape index (κ3) is 3.92. The number of hydrogen-bond acceptors (Lipinski definition) is 4. The van der Waals surface area contributed by atoms with Crippen molar-refractivity contribution in [2.24, 2.45) is 17.8 Å². The minimum absolute atomic E-state index is 0.0191. The maximum Gasteiger partial charge on any atom is 0.233 e. The predicted molar refractivity (Wildman–Crippen MR) is 125 cm³/mol. The molecule has 2 heterocycles. The van der Waals surface area contributed by atoms with E-state index in [1.54, 1.807) is 7.05 Å². The van der Waals surface area contributed by atoms with E-state index >= 15 is 0 Å². The lowest BCUT2D eigenvalue weighted by atomic mass is 9.68. The molecule has 4 atom stereocenters. The number of amides is 2. The van der Waals surface area contributed by atoms with Gasteiger partial charge in [-0.05, 0) is 80.9 Å². The van der Waals surface area contributed by atoms with Gasteiger partial charge in [0, 0.05) is 13.0 Å². The Morgan fingerprint density at radius 3 is 2.53 bits per heavy atom. The van der Waals surface area contributed by atoms with E-state index in [1.165, 1.54) is 21.6 Å². The van der Waals surface area contributed by atoms with Crippen molar-refractivity contribution in [3.8, 4) is 5.75 Å². The first-order chi connectivity index (χ1) is 15.2. The summed E-state index contributed by atoms with van der Waals surface area (Å²) in [6, 6.07) is 4.02. The monoisotopic (exact) mass is 437 g/mol. The molecule has 2 fully saturated rings. The van der Waals surface area contributed by atoms with Gasteiger partial charge in [0.2, 0.25) is 11.8 Å². The van der Waals surface area contributed by atoms with Crippen molar-refractivity contribution in [1.82, 2.24) is 4.90 Å². The maximum absolute atomic E-state index is 12.8. The van der Waals surface area contributed by atoms with Crippen LogP contribution in [0.2, 0.25) is 0 Å². The van der Waals surface area contributed by atoms with Gasteiger partial charge in [-0.1, -0.05) is 30.6 Å². The third-order valence-corrected chi connectivity index (χ3v) is 7.51. The van der Waals surface area contributed by atoms with E-state index < -0.39 is 0 Å². The average molecular weight is 438 g/mol. The highest BCUT2D eigenvalue weighted by molar-refractivity contribution is 6.05. The van der Waals surface area contributed by atoms with E-state index in [9.17, 15) is 14.7 Å². The number of imide groups is 1. The smallest absolute Gasteiger partial charge is 0.233 e. The Labute approximate surface area is 191 Å². The van der Waals surface area contributed by atoms with Gasteiger partial charge in [-0.25, -0.2) is 0 Å². The van der Waals surface area contributed by atoms with Crippen molar-refractivity contribution in [1.29, 1.82) is 0 Å². The number of benzene rings is 1. The summed E-state index contributed by atoms with van der Waals surface area (Å²) in [5.74, 6) is -0.0820. The molecule has 5 heteroatoms. The molecular weight excluding hydrogens is 402 g/mol. The first kappa shape index (κ1) is 22.8. The van der Waals surface area contributed by atoms with Crippen molar-refractivity contribution < 1.29 is 19.4 Å². The Morgan fingerprint density at radius 1 is 1.19 bits per heavy atom. The molecule has 0 unspecified atom stereocenters. The lowest BCUT2D eigenvalue weighted by Gasteiger charge is -2.32. The zero-order chi connectivity index (χ0) is 23.2. The Balaban J connectivity index is 1.53. The van der Waals surface area contributed by atoms with Crippen LogP contribution in [0.1, 0.15) is 62.6 Å². The fourth-order valence-electron chi connectivity index (χ4n) is 5.96. The van der Waals surface area contributed by atoms with Gasteiger partial charge in [0.15, 0.2) is 0 Å². The molecular formula is C27H35NO4. The Kier molecular flexibility index (Phi) is 6.30. The highest BCUT2D eigenvalue weighted by Crippen LogP contribution is 2.50. The van der Waals surface area contributed by atoms with Crippen LogP contribution in [0.3, 0.4) is 0 Å². The van der Waals surface area contributed by atoms with Crippen LogP contribution in [0.15, 0.2) is 28.9 Å². The highest BCUT2D eigenvalue weighted by Gasteiger charge is 2.55. The number of aromatic hydroxyl groups is 1. The number of hydrogen-bond donors (Lipinski definition) is 1. The Morgan fingerprint density at radius 2 is 1.88 bits per heavy atom. The Hall–Kier alpha value is -2.40. The van der Waals surface area contributed by atoms with Gasteiger partial charge in [-0.15, -0.1) is 0 Å². The molecule has 0 saturated carbocycles. The molecule has 2 amide bonds. The molecule has 1 N–H and O–H groups in total. The minimum atomic E-state index is -0.243. The second kappa shape index (κ2) is 8.86. The standard InChI is InChI=1S/C27H35NO4/c1-6-7-19-13-20-24(27(31)28(5)26(20)30)21-14-32-22(23(19)21)9-8-15(2)10-18-11-16(3)25(29)17(4)12-18/h10-12,20-22,24,29H,6-9,13-14H2,1-5H3/b15-10+/t20-,21+,22-,24-/m1/s1. The molecule has 172 valence electrons. The molecule has 0 radical (unpaired) electrons. The number of ether oxygens (including phenoxy) is 1. The summed E-state index contributed by atoms with van der Waals surface area (Å²) in [7, 11) is 1.62. The average Bonchev–Trinajstić information content (AvgIpc) is 3.26. The zero-order valence-corrected chi connectivity index (χ0v) is 19.9. The fraction of sp³-hybridized carbons (Fsp3) is 0.556. The molecule has 1 aromatic carbocycles. The molecule has 2 saturated heterocycles. The molecule has 1 aliphatic carbocycles. The molecule has 0 bridgehead atoms. The third-order valence-electron chi connectivity index (χ3n) is 7.51. The number of phenols is 1. The summed E-state index contributed by atoms with van der Waals surface area (Å²) in [5.41, 5.74) is 6.80. The van der Waals surface area contributed by atoms with Gasteiger partial charge < -0.3 is 9.84 Å². The summed E-state index contributed by atoms with van der Waals surface area (Å²) in [6.07, 6.45) is 6.71. The van der Waals surface area contributed by atoms with Gasteiger partial charge in [0.25, 0.3) is 0 Å². The number of fused-ring (bicyclic) bond motifs is 3. The van der Waals surface area contributed by atoms with Crippen LogP contribution in [-0.2, 0) is 14.3 Å². The summed E-state index contributed by atoms with van der Waals surface area (Å²) < 4.78 is 6.26. The lowest BCUT2D eigenvalue weighted by molar-refractivity contribution is -0.138. The quantitative estimate of drug-likeness (QED) is 0.506. The molecule has 5 nitrogen and oxygen atoms in total. The highest BCUT2D eigenvalue weighted by atomic mass is 16.5. The van der Waals surface area contributed by atoms with E-state index in [4.69, 9.17) is 4.74 Å². The molecule has 1 aromatic rings. The molecule has 4 rings (SSSR count). The van der Waals surface area contributed by atoms with Gasteiger partial charge in [-0.3, -0.25) is 14.5 Å². The van der Waals surface area contributed by atoms with Crippen LogP contribution < -0.4 is 0 Å². The van der Waals surface area contributed by atoms with Crippen LogP contribution in [0, 0.1) is 31.6 Å². The zero-order valence-electron chi connectivity index (χ0n) is 19.9. The van der Waals surface area contributed by atoms with Crippen LogP contribution in [-0.4, -0.2) is 41.6 Å². The van der Waals surface area contributed by atoms with Crippen LogP contribution in [0.5, 0.6) is 5.75 Å². The fourth-order valence-corrected chi connectivity index (χ4v) is 5.96. The van der Waals surface area contributed by atoms with Crippen molar-refractivity contribution in [2.75, 3.05) is 13.7 Å². The molecule has 0 spiro atoms. The van der Waals surface area contributed by atoms with Crippen LogP contribution >= 0.6 is 0 Å². The number of likely N-dealkylation sites (tertiary alicyclic amines) is 1. The van der Waals surface area contributed by atoms with Crippen molar-refractivity contribution >= 4 is 17.9 Å². The van der Waals surface area contributed by atoms with Gasteiger partial charge >= 0.3 is 0 Å². The maximum atomic E-state index is 12.8. The number of allylic oxidation sites excluding steroid dienone is 2. The number of aryl methyl sites for hydroxylation is 2. The topological polar surface area (TPSA) is 66.8 Å². The number of phenolic OH excluding ortho intramolecular Hbond substituents is 1. The van der Waals surface area contributed by atoms with E-state index in [1.807, 2.05) is 26.0 Å². The summed E-state index contributed by atoms with van der Waals surface area (Å²) >= 11 is 0. The molecule has 2 aliphatic heterocycles. The number of nitrogens with zero attached hydrogens (tertiary/aromatic N) is 1. The first-order valence-electron chi connectivity index (χ1n) is 11.8. The van der Waals surface area contributed by atoms with Crippen molar-refractivity contribution in [3.63, 3.8) is 0 Å². The number of carbonyl (C=O) groups is 2. The molecule has 32 heavy (non-hydrogen) atoms. The van der Waals surface area contributed by atoms with E-state index in [0.717, 1.165) is 42.4 Å². The summed E-state index contributed by atoms with van der Waals surface area (Å²) in [4.78, 5) is 26.8. The van der Waals surface area contributed by atoms with Crippen LogP contribution in [0.25, 0.3) is 6.08 Å². The normalized spacial score (nSPS) is 27.9. The minimum Gasteiger partial charge on any atom is -0.507 e. The van der Waals surface area contributed by atoms with Gasteiger partial charge in [0.1, 0.15) is 5.75 Å². The largest absolute Gasteiger partial charge is 0.507 e. The summed E-state index contributed by atoms with van der Waals surface area (Å²) in [5, 5.41) is 10.0. The SMILES string of the molecule is CCCC1=C2[C@@H](CC/C(C)=C/c3cc(C)c(O)c(C)c3)OC[C@@H]2[C@@H]2C(=O)N(C)C(=O)[C@@H]2C1. The van der Waals surface area contributed by atoms with Crippen molar-refractivity contribution in [3.05, 3.63) is 45.5 Å². The van der Waals surface area contributed by atoms with Gasteiger partial charge in [-0.2, -0.15) is 0 Å².